The lowest BCUT2D eigenvalue weighted by atomic mass is 10.1. The van der Waals surface area contributed by atoms with E-state index in [2.05, 4.69) is 221 Å². The zero-order chi connectivity index (χ0) is 38.2. The van der Waals surface area contributed by atoms with Crippen LogP contribution in [0.15, 0.2) is 242 Å². The molecule has 0 N–H and O–H groups in total. The van der Waals surface area contributed by atoms with Crippen LogP contribution in [0.1, 0.15) is 0 Å². The first kappa shape index (κ1) is 32.9. The Labute approximate surface area is 336 Å². The molecule has 274 valence electrons. The van der Waals surface area contributed by atoms with Crippen molar-refractivity contribution >= 4 is 75.6 Å². The molecule has 3 heterocycles. The predicted molar refractivity (Wildman–Crippen MR) is 242 cm³/mol. The summed E-state index contributed by atoms with van der Waals surface area (Å²) in [4.78, 5) is 5.20. The third-order valence-corrected chi connectivity index (χ3v) is 15.8. The van der Waals surface area contributed by atoms with E-state index in [0.29, 0.717) is 0 Å². The van der Waals surface area contributed by atoms with Gasteiger partial charge in [0.2, 0.25) is 0 Å². The van der Waals surface area contributed by atoms with Gasteiger partial charge in [0.25, 0.3) is 0 Å². The summed E-state index contributed by atoms with van der Waals surface area (Å²) in [6.07, 6.45) is 0. The Kier molecular flexibility index (Phi) is 7.31. The monoisotopic (exact) mass is 760 g/mol. The molecule has 0 aliphatic heterocycles. The summed E-state index contributed by atoms with van der Waals surface area (Å²) in [6.45, 7) is 0. The molecule has 0 unspecified atom stereocenters. The van der Waals surface area contributed by atoms with Crippen LogP contribution in [0.4, 0.5) is 0 Å². The minimum Gasteiger partial charge on any atom is -0.456 e. The van der Waals surface area contributed by atoms with Crippen LogP contribution in [0.2, 0.25) is 0 Å². The highest BCUT2D eigenvalue weighted by Gasteiger charge is 2.36. The first-order valence-electron chi connectivity index (χ1n) is 19.8. The van der Waals surface area contributed by atoms with Crippen LogP contribution < -0.4 is 0 Å². The van der Waals surface area contributed by atoms with Gasteiger partial charge in [0, 0.05) is 63.3 Å². The third-order valence-electron chi connectivity index (χ3n) is 11.8. The van der Waals surface area contributed by atoms with Crippen molar-refractivity contribution in [2.24, 2.45) is 0 Å². The SMILES string of the molecule is c1ccc(-n2c3ccccc3c3c(S(c4ccccc4)(c4ccccc4)c4ccc(-n5c6ccccc6c6c7c(ccc65)oc5ccccc57)cc4)cccc32)cc1. The lowest BCUT2D eigenvalue weighted by molar-refractivity contribution is 0.669. The zero-order valence-corrected chi connectivity index (χ0v) is 32.3. The first-order valence-corrected chi connectivity index (χ1v) is 21.4. The van der Waals surface area contributed by atoms with E-state index in [1.54, 1.807) is 0 Å². The zero-order valence-electron chi connectivity index (χ0n) is 31.5. The van der Waals surface area contributed by atoms with Gasteiger partial charge < -0.3 is 13.6 Å². The minimum atomic E-state index is -2.05. The summed E-state index contributed by atoms with van der Waals surface area (Å²) < 4.78 is 11.2. The van der Waals surface area contributed by atoms with E-state index in [1.807, 2.05) is 6.07 Å². The maximum atomic E-state index is 6.38. The summed E-state index contributed by atoms with van der Waals surface area (Å²) in [5.41, 5.74) is 8.84. The van der Waals surface area contributed by atoms with E-state index in [-0.39, 0.29) is 0 Å². The van der Waals surface area contributed by atoms with Crippen LogP contribution in [0.3, 0.4) is 0 Å². The van der Waals surface area contributed by atoms with E-state index < -0.39 is 10.0 Å². The average Bonchev–Trinajstić information content (AvgIpc) is 3.96. The van der Waals surface area contributed by atoms with Crippen molar-refractivity contribution in [3.8, 4) is 11.4 Å². The Morgan fingerprint density at radius 1 is 0.293 bits per heavy atom. The molecular weight excluding hydrogens is 725 g/mol. The molecular formula is C54H36N2OS. The van der Waals surface area contributed by atoms with Crippen molar-refractivity contribution < 1.29 is 4.42 Å². The van der Waals surface area contributed by atoms with Crippen molar-refractivity contribution in [2.75, 3.05) is 0 Å². The fraction of sp³-hybridized carbons (Fsp3) is 0. The smallest absolute Gasteiger partial charge is 0.136 e. The normalized spacial score (nSPS) is 12.4. The van der Waals surface area contributed by atoms with Gasteiger partial charge in [0.15, 0.2) is 0 Å². The standard InChI is InChI=1S/C54H36N2OS/c1-4-17-37(18-5-1)55-45-26-13-10-23-42(45)52-47(55)28-16-30-51(52)58(39-19-6-2-7-20-39,40-21-8-3-9-22-40)41-33-31-38(32-34-41)56-46-27-14-11-24-43(46)53-48(56)35-36-50-54(53)44-25-12-15-29-49(44)57-50/h1-36H. The van der Waals surface area contributed by atoms with Gasteiger partial charge in [-0.1, -0.05) is 115 Å². The molecule has 0 fully saturated rings. The molecule has 0 saturated carbocycles. The van der Waals surface area contributed by atoms with Gasteiger partial charge in [-0.2, -0.15) is 0 Å². The lowest BCUT2D eigenvalue weighted by Gasteiger charge is -2.42. The molecule has 12 rings (SSSR count). The Balaban J connectivity index is 1.16. The molecule has 0 amide bonds. The number of benzene rings is 9. The van der Waals surface area contributed by atoms with Gasteiger partial charge in [-0.3, -0.25) is 0 Å². The largest absolute Gasteiger partial charge is 0.456 e. The van der Waals surface area contributed by atoms with E-state index in [9.17, 15) is 0 Å². The molecule has 0 aliphatic carbocycles. The second-order valence-electron chi connectivity index (χ2n) is 14.9. The van der Waals surface area contributed by atoms with Crippen molar-refractivity contribution in [3.05, 3.63) is 218 Å². The van der Waals surface area contributed by atoms with Crippen molar-refractivity contribution in [3.63, 3.8) is 0 Å². The van der Waals surface area contributed by atoms with Crippen LogP contribution >= 0.6 is 10.0 Å². The number of hydrogen-bond donors (Lipinski definition) is 0. The Hall–Kier alpha value is -7.27. The molecule has 4 heteroatoms. The average molecular weight is 761 g/mol. The van der Waals surface area contributed by atoms with Gasteiger partial charge in [-0.15, -0.1) is 10.0 Å². The van der Waals surface area contributed by atoms with Crippen LogP contribution in [0, 0.1) is 0 Å². The number of furan rings is 1. The molecule has 0 saturated heterocycles. The molecule has 0 atom stereocenters. The third kappa shape index (κ3) is 4.64. The summed E-state index contributed by atoms with van der Waals surface area (Å²) in [5, 5.41) is 7.28. The molecule has 12 aromatic rings. The number of aromatic nitrogens is 2. The highest BCUT2D eigenvalue weighted by atomic mass is 32.3. The van der Waals surface area contributed by atoms with Gasteiger partial charge in [0.1, 0.15) is 11.2 Å². The Morgan fingerprint density at radius 3 is 1.43 bits per heavy atom. The fourth-order valence-electron chi connectivity index (χ4n) is 9.49. The maximum Gasteiger partial charge on any atom is 0.136 e. The molecule has 0 aliphatic rings. The second-order valence-corrected chi connectivity index (χ2v) is 17.9. The van der Waals surface area contributed by atoms with E-state index >= 15 is 0 Å². The van der Waals surface area contributed by atoms with Gasteiger partial charge in [0.05, 0.1) is 22.1 Å². The second kappa shape index (κ2) is 12.9. The molecule has 0 spiro atoms. The van der Waals surface area contributed by atoms with Gasteiger partial charge >= 0.3 is 0 Å². The number of fused-ring (bicyclic) bond motifs is 10. The molecule has 3 nitrogen and oxygen atoms in total. The van der Waals surface area contributed by atoms with Crippen LogP contribution in [-0.4, -0.2) is 9.13 Å². The summed E-state index contributed by atoms with van der Waals surface area (Å²) >= 11 is 0. The Bertz CT molecular complexity index is 3450. The predicted octanol–water partition coefficient (Wildman–Crippen LogP) is 15.1. The molecule has 0 radical (unpaired) electrons. The van der Waals surface area contributed by atoms with E-state index in [4.69, 9.17) is 4.42 Å². The lowest BCUT2D eigenvalue weighted by Crippen LogP contribution is -2.06. The summed E-state index contributed by atoms with van der Waals surface area (Å²) in [6, 6.07) is 79.9. The van der Waals surface area contributed by atoms with Crippen molar-refractivity contribution in [1.29, 1.82) is 0 Å². The number of nitrogens with zero attached hydrogens (tertiary/aromatic N) is 2. The molecule has 0 bridgehead atoms. The first-order chi connectivity index (χ1) is 28.8. The molecule has 58 heavy (non-hydrogen) atoms. The fourth-order valence-corrected chi connectivity index (χ4v) is 13.5. The van der Waals surface area contributed by atoms with Crippen LogP contribution in [0.5, 0.6) is 0 Å². The molecule has 3 aromatic heterocycles. The van der Waals surface area contributed by atoms with Gasteiger partial charge in [-0.25, -0.2) is 0 Å². The number of para-hydroxylation sites is 4. The van der Waals surface area contributed by atoms with Crippen molar-refractivity contribution in [1.82, 2.24) is 9.13 Å². The maximum absolute atomic E-state index is 6.38. The van der Waals surface area contributed by atoms with Crippen LogP contribution in [-0.2, 0) is 0 Å². The molecule has 9 aromatic carbocycles. The highest BCUT2D eigenvalue weighted by Crippen LogP contribution is 2.75. The highest BCUT2D eigenvalue weighted by molar-refractivity contribution is 8.34. The summed E-state index contributed by atoms with van der Waals surface area (Å²) in [5.74, 6) is 0. The van der Waals surface area contributed by atoms with E-state index in [1.165, 1.54) is 63.1 Å². The Morgan fingerprint density at radius 2 is 0.776 bits per heavy atom. The van der Waals surface area contributed by atoms with Gasteiger partial charge in [-0.05, 0) is 103 Å². The van der Waals surface area contributed by atoms with Crippen molar-refractivity contribution in [2.45, 2.75) is 19.6 Å². The van der Waals surface area contributed by atoms with E-state index in [0.717, 1.165) is 33.4 Å². The van der Waals surface area contributed by atoms with Crippen LogP contribution in [0.25, 0.3) is 76.9 Å². The number of rotatable bonds is 6. The minimum absolute atomic E-state index is 0.911. The number of hydrogen-bond acceptors (Lipinski definition) is 1. The summed E-state index contributed by atoms with van der Waals surface area (Å²) in [7, 11) is -2.05. The topological polar surface area (TPSA) is 23.0 Å². The quantitative estimate of drug-likeness (QED) is 0.166.